The zero-order valence-electron chi connectivity index (χ0n) is 74.6. The van der Waals surface area contributed by atoms with E-state index < -0.39 is 35.6 Å². The third kappa shape index (κ3) is 22.5. The minimum Gasteiger partial charge on any atom is -0.379 e. The van der Waals surface area contributed by atoms with Crippen LogP contribution in [0.5, 0.6) is 0 Å². The summed E-state index contributed by atoms with van der Waals surface area (Å²) in [5.74, 6) is -0.620. The predicted octanol–water partition coefficient (Wildman–Crippen LogP) is 20.6. The maximum Gasteiger partial charge on any atom is 0.265 e. The molecule has 0 aliphatic rings. The lowest BCUT2D eigenvalue weighted by Crippen LogP contribution is -2.28. The van der Waals surface area contributed by atoms with E-state index in [1.54, 1.807) is 54.7 Å². The molecular weight excluding hydrogens is 1760 g/mol. The number of Topliss-reactive ketones (excluding diaryl/α,β-unsaturated/α-hetero) is 1. The number of hydrogen-bond donors (Lipinski definition) is 5. The molecule has 8 aromatic carbocycles. The van der Waals surface area contributed by atoms with Crippen molar-refractivity contribution in [1.82, 2.24) is 63.1 Å². The Morgan fingerprint density at radius 3 is 0.838 bits per heavy atom. The largest absolute Gasteiger partial charge is 0.379 e. The summed E-state index contributed by atoms with van der Waals surface area (Å²) in [4.78, 5) is 39.8. The van der Waals surface area contributed by atoms with Crippen molar-refractivity contribution in [1.29, 1.82) is 0 Å². The van der Waals surface area contributed by atoms with E-state index in [4.69, 9.17) is 20.4 Å². The van der Waals surface area contributed by atoms with E-state index in [2.05, 4.69) is 132 Å². The first-order valence-corrected chi connectivity index (χ1v) is 49.1. The van der Waals surface area contributed by atoms with Crippen LogP contribution in [0.2, 0.25) is 0 Å². The summed E-state index contributed by atoms with van der Waals surface area (Å²) in [7, 11) is -10.6. The highest BCUT2D eigenvalue weighted by atomic mass is 32.2. The maximum absolute atomic E-state index is 12.5. The number of sulfone groups is 2. The van der Waals surface area contributed by atoms with Crippen molar-refractivity contribution in [3.63, 3.8) is 0 Å². The molecule has 136 heavy (non-hydrogen) atoms. The van der Waals surface area contributed by atoms with Crippen LogP contribution in [0, 0.1) is 0 Å². The fraction of sp³-hybridized carbons (Fsp3) is 0.0926. The zero-order valence-corrected chi connectivity index (χ0v) is 77.0. The van der Waals surface area contributed by atoms with E-state index in [1.807, 2.05) is 255 Å². The number of benzene rings is 8. The van der Waals surface area contributed by atoms with Crippen molar-refractivity contribution in [3.05, 3.63) is 423 Å². The third-order valence-electron chi connectivity index (χ3n) is 22.2. The second-order valence-electron chi connectivity index (χ2n) is 32.5. The molecule has 1 amide bonds. The Morgan fingerprint density at radius 1 is 0.287 bits per heavy atom. The Kier molecular flexibility index (Phi) is 27.8. The van der Waals surface area contributed by atoms with E-state index in [0.717, 1.165) is 130 Å². The Hall–Kier alpha value is -16.7. The lowest BCUT2D eigenvalue weighted by Gasteiger charge is -2.13. The van der Waals surface area contributed by atoms with Gasteiger partial charge in [0.1, 0.15) is 10.7 Å². The van der Waals surface area contributed by atoms with Gasteiger partial charge in [-0.1, -0.05) is 243 Å². The molecule has 0 saturated heterocycles. The molecule has 0 radical (unpaired) electrons. The number of aromatic nitrogens is 12. The van der Waals surface area contributed by atoms with E-state index >= 15 is 0 Å². The van der Waals surface area contributed by atoms with Crippen LogP contribution in [0.4, 0.5) is 22.7 Å². The van der Waals surface area contributed by atoms with Gasteiger partial charge in [0, 0.05) is 171 Å². The summed E-state index contributed by atoms with van der Waals surface area (Å²) in [6.07, 6.45) is 23.0. The minimum absolute atomic E-state index is 0.0587. The van der Waals surface area contributed by atoms with Gasteiger partial charge in [0.05, 0.1) is 78.2 Å². The monoisotopic (exact) mass is 1850 g/mol. The highest BCUT2D eigenvalue weighted by Gasteiger charge is 2.24. The number of fused-ring (bicyclic) bond motifs is 4. The van der Waals surface area contributed by atoms with Crippen LogP contribution in [0.15, 0.2) is 400 Å². The number of carbonyl (C=O) groups is 2. The molecule has 0 bridgehead atoms. The van der Waals surface area contributed by atoms with Crippen molar-refractivity contribution >= 4 is 86.2 Å². The summed E-state index contributed by atoms with van der Waals surface area (Å²) < 4.78 is 82.0. The Morgan fingerprint density at radius 2 is 0.551 bits per heavy atom. The smallest absolute Gasteiger partial charge is 0.265 e. The molecule has 20 aromatic rings. The molecule has 676 valence electrons. The summed E-state index contributed by atoms with van der Waals surface area (Å²) in [5, 5.41) is 33.5. The molecule has 0 saturated carbocycles. The number of sulfonamides is 1. The van der Waals surface area contributed by atoms with Crippen LogP contribution < -0.4 is 26.0 Å². The highest BCUT2D eigenvalue weighted by Crippen LogP contribution is 2.40. The van der Waals surface area contributed by atoms with Crippen molar-refractivity contribution in [3.8, 4) is 89.5 Å². The molecule has 28 heteroatoms. The number of carbonyl (C=O) groups excluding carboxylic acids is 2. The molecule has 0 spiro atoms. The van der Waals surface area contributed by atoms with Crippen LogP contribution in [0.25, 0.3) is 112 Å². The fourth-order valence-corrected chi connectivity index (χ4v) is 18.2. The lowest BCUT2D eigenvalue weighted by atomic mass is 10.0. The molecule has 12 aromatic heterocycles. The van der Waals surface area contributed by atoms with Gasteiger partial charge >= 0.3 is 0 Å². The first kappa shape index (κ1) is 91.2. The molecule has 12 heterocycles. The van der Waals surface area contributed by atoms with Gasteiger partial charge in [-0.25, -0.2) is 48.0 Å². The molecule has 25 nitrogen and oxygen atoms in total. The summed E-state index contributed by atoms with van der Waals surface area (Å²) in [6, 6.07) is 105. The van der Waals surface area contributed by atoms with Crippen molar-refractivity contribution in [2.45, 2.75) is 62.0 Å². The highest BCUT2D eigenvalue weighted by molar-refractivity contribution is 7.91. The molecule has 0 fully saturated rings. The number of rotatable bonds is 27. The number of pyridine rings is 4. The first-order chi connectivity index (χ1) is 66.0. The predicted molar refractivity (Wildman–Crippen MR) is 538 cm³/mol. The molecule has 5 N–H and O–H groups in total. The summed E-state index contributed by atoms with van der Waals surface area (Å²) >= 11 is 0. The SMILES string of the molecule is CC(=O)Cc1cncc(-c2cc(NCc3ccccc3)c3c(-c4ccccc4)ccn3n2)c1.CC(=O)NS(=O)(=O)c1cncc(-c2cc(NCc3ccccc3)c3c(-c4ccccc4)ccn3n2)c1.CS(=O)(=O)Cc1cncc(-c2cc(NCc3ccccc3)c3c(-c4ccccc4)ccn3n2)c1.CS(=O)(=O)c1cncc(-c2cc(NCc3ccccc3)c3c(-c4ccccc4)ccn3n2)c1. The van der Waals surface area contributed by atoms with Crippen LogP contribution in [-0.2, 0) is 77.6 Å². The van der Waals surface area contributed by atoms with E-state index in [9.17, 15) is 34.8 Å². The van der Waals surface area contributed by atoms with Gasteiger partial charge in [-0.3, -0.25) is 29.5 Å². The van der Waals surface area contributed by atoms with Gasteiger partial charge in [0.15, 0.2) is 19.7 Å². The number of amides is 1. The van der Waals surface area contributed by atoms with Crippen molar-refractivity contribution in [2.75, 3.05) is 33.8 Å². The molecule has 0 aliphatic heterocycles. The molecule has 0 atom stereocenters. The Bertz CT molecular complexity index is 8030. The van der Waals surface area contributed by atoms with Crippen LogP contribution in [0.1, 0.15) is 47.2 Å². The standard InChI is InChI=1S/C28H24N4O.C27H23N5O3S.C27H24N4O2S.C26H22N4O2S/c1-20(33)14-22-15-24(19-29-17-22)26-16-27(30-18-21-8-4-2-5-9-21)28-25(12-13-32(28)31-26)23-10-6-3-7-11-23;1-19(33)31-36(34,35)23-14-22(17-28-18-23)25-15-26(29-16-20-8-4-2-5-9-20)27-24(12-13-32(27)30-25)21-10-6-3-7-11-21;1-34(32,33)19-21-14-23(18-28-16-21)25-15-26(29-17-20-8-4-2-5-9-20)27-24(12-13-31(27)30-25)22-10-6-3-7-11-22;1-33(31,32)22-14-21(17-27-18-22)24-15-25(28-16-19-8-4-2-5-9-19)26-23(12-13-30(26)29-24)20-10-6-3-7-11-20/h2-13,15-17,19,30H,14,18H2,1H3;2-15,17-18,29H,16H2,1H3,(H,31,33);2-16,18,29H,17,19H2,1H3;2-15,17-18,28H,16H2,1H3. The van der Waals surface area contributed by atoms with Gasteiger partial charge < -0.3 is 21.3 Å². The normalized spacial score (nSPS) is 11.4. The van der Waals surface area contributed by atoms with E-state index in [1.165, 1.54) is 42.1 Å². The van der Waals surface area contributed by atoms with Crippen LogP contribution in [0.3, 0.4) is 0 Å². The summed E-state index contributed by atoms with van der Waals surface area (Å²) in [5.41, 5.74) is 27.8. The van der Waals surface area contributed by atoms with E-state index in [-0.39, 0.29) is 21.3 Å². The number of hydrogen-bond acceptors (Lipinski definition) is 20. The van der Waals surface area contributed by atoms with E-state index in [0.29, 0.717) is 66.4 Å². The minimum atomic E-state index is -4.03. The average molecular weight is 1850 g/mol. The molecule has 20 rings (SSSR count). The molecular formula is C108H93N17O8S3. The lowest BCUT2D eigenvalue weighted by molar-refractivity contribution is -0.117. The van der Waals surface area contributed by atoms with Crippen molar-refractivity contribution < 1.29 is 34.8 Å². The van der Waals surface area contributed by atoms with Crippen LogP contribution >= 0.6 is 0 Å². The first-order valence-electron chi connectivity index (χ1n) is 43.7. The molecule has 0 unspecified atom stereocenters. The number of ketones is 1. The second-order valence-corrected chi connectivity index (χ2v) is 38.4. The Balaban J connectivity index is 0.000000126. The van der Waals surface area contributed by atoms with Gasteiger partial charge in [0.2, 0.25) is 5.91 Å². The second kappa shape index (κ2) is 41.4. The fourth-order valence-electron chi connectivity index (χ4n) is 15.9. The van der Waals surface area contributed by atoms with Gasteiger partial charge in [-0.05, 0) is 135 Å². The number of nitrogens with one attached hydrogen (secondary N) is 5. The zero-order chi connectivity index (χ0) is 94.1. The van der Waals surface area contributed by atoms with Gasteiger partial charge in [-0.2, -0.15) is 20.4 Å². The topological polar surface area (TPSA) is 317 Å². The molecule has 0 aliphatic carbocycles. The van der Waals surface area contributed by atoms with Gasteiger partial charge in [-0.15, -0.1) is 0 Å². The summed E-state index contributed by atoms with van der Waals surface area (Å²) in [6.45, 7) is 5.32. The third-order valence-corrected chi connectivity index (χ3v) is 25.6. The van der Waals surface area contributed by atoms with Gasteiger partial charge in [0.25, 0.3) is 10.0 Å². The number of anilines is 4. The quantitative estimate of drug-likeness (QED) is 0.0319. The van der Waals surface area contributed by atoms with Crippen molar-refractivity contribution in [2.24, 2.45) is 0 Å². The van der Waals surface area contributed by atoms with Crippen LogP contribution in [-0.4, -0.2) is 108 Å². The number of nitrogens with zero attached hydrogens (tertiary/aromatic N) is 12. The Labute approximate surface area is 787 Å². The average Bonchev–Trinajstić information content (AvgIpc) is 1.61. The maximum atomic E-state index is 12.5.